The van der Waals surface area contributed by atoms with E-state index in [0.717, 1.165) is 0 Å². The van der Waals surface area contributed by atoms with Crippen molar-refractivity contribution in [2.24, 2.45) is 29.4 Å². The number of carbonyl (C=O) groups is 9. The molecule has 20 heteroatoms. The van der Waals surface area contributed by atoms with E-state index in [1.807, 2.05) is 6.92 Å². The summed E-state index contributed by atoms with van der Waals surface area (Å²) in [5, 5.41) is 45.3. The van der Waals surface area contributed by atoms with Crippen LogP contribution in [0.4, 0.5) is 0 Å². The highest BCUT2D eigenvalue weighted by atomic mass is 16.4. The van der Waals surface area contributed by atoms with Gasteiger partial charge >= 0.3 is 11.9 Å². The summed E-state index contributed by atoms with van der Waals surface area (Å²) in [4.78, 5) is 114. The van der Waals surface area contributed by atoms with Gasteiger partial charge in [-0.3, -0.25) is 38.4 Å². The number of carboxylic acid groups (broad SMARTS) is 2. The summed E-state index contributed by atoms with van der Waals surface area (Å²) < 4.78 is 0. The van der Waals surface area contributed by atoms with Gasteiger partial charge in [0.15, 0.2) is 0 Å². The summed E-state index contributed by atoms with van der Waals surface area (Å²) in [6.45, 7) is 13.7. The Labute approximate surface area is 328 Å². The maximum atomic E-state index is 13.3. The predicted octanol–water partition coefficient (Wildman–Crippen LogP) is -1.91. The fourth-order valence-corrected chi connectivity index (χ4v) is 5.18. The second kappa shape index (κ2) is 25.3. The second-order valence-electron chi connectivity index (χ2n) is 14.9. The molecule has 0 aliphatic heterocycles. The average molecular weight is 801 g/mol. The Morgan fingerprint density at radius 3 is 1.52 bits per heavy atom. The minimum absolute atomic E-state index is 0.0546. The van der Waals surface area contributed by atoms with Crippen molar-refractivity contribution in [2.45, 2.75) is 137 Å². The van der Waals surface area contributed by atoms with Crippen molar-refractivity contribution in [2.75, 3.05) is 13.2 Å². The first kappa shape index (κ1) is 51.1. The third kappa shape index (κ3) is 18.7. The molecule has 0 fully saturated rings. The van der Waals surface area contributed by atoms with E-state index in [9.17, 15) is 58.5 Å². The molecule has 0 aliphatic rings. The number of nitrogens with one attached hydrogen (secondary N) is 7. The van der Waals surface area contributed by atoms with E-state index in [1.165, 1.54) is 6.92 Å². The monoisotopic (exact) mass is 800 g/mol. The van der Waals surface area contributed by atoms with Crippen LogP contribution in [0.3, 0.4) is 0 Å². The van der Waals surface area contributed by atoms with E-state index in [0.29, 0.717) is 12.8 Å². The zero-order valence-corrected chi connectivity index (χ0v) is 33.9. The molecule has 0 aromatic carbocycles. The number of hydrogen-bond donors (Lipinski definition) is 11. The van der Waals surface area contributed by atoms with Crippen molar-refractivity contribution >= 4 is 53.3 Å². The number of nitrogens with two attached hydrogens (primary N) is 1. The van der Waals surface area contributed by atoms with E-state index >= 15 is 0 Å². The maximum absolute atomic E-state index is 13.3. The first-order valence-corrected chi connectivity index (χ1v) is 18.9. The molecule has 20 nitrogen and oxygen atoms in total. The molecule has 0 unspecified atom stereocenters. The normalized spacial score (nSPS) is 16.0. The molecule has 7 amide bonds. The molecule has 12 N–H and O–H groups in total. The van der Waals surface area contributed by atoms with Crippen molar-refractivity contribution in [1.29, 1.82) is 0 Å². The van der Waals surface area contributed by atoms with Gasteiger partial charge in [-0.2, -0.15) is 0 Å². The van der Waals surface area contributed by atoms with Gasteiger partial charge in [-0.25, -0.2) is 4.79 Å². The number of amides is 7. The molecule has 0 spiro atoms. The van der Waals surface area contributed by atoms with Crippen LogP contribution in [0.2, 0.25) is 0 Å². The molecule has 0 heterocycles. The van der Waals surface area contributed by atoms with Gasteiger partial charge in [0.1, 0.15) is 36.3 Å². The molecule has 0 radical (unpaired) electrons. The van der Waals surface area contributed by atoms with E-state index in [4.69, 9.17) is 5.73 Å². The van der Waals surface area contributed by atoms with Crippen LogP contribution < -0.4 is 43.0 Å². The molecule has 0 saturated heterocycles. The van der Waals surface area contributed by atoms with Gasteiger partial charge in [-0.1, -0.05) is 68.2 Å². The molecular weight excluding hydrogens is 736 g/mol. The SMILES string of the molecule is CC[C@H](C)[C@H](N)C(=O)N[C@@H](CC(C)C)C(=O)N[C@@H](CC(=O)O)C(=O)NCC(=O)N[C@H](C(=O)N[C@@H](CO)C(=O)N[C@@H](C)C(=O)N[C@@H](CC(C)C)C(=O)O)[C@@H](C)CC. The van der Waals surface area contributed by atoms with Crippen molar-refractivity contribution < 1.29 is 58.5 Å². The predicted molar refractivity (Wildman–Crippen MR) is 203 cm³/mol. The van der Waals surface area contributed by atoms with Gasteiger partial charge in [-0.05, 0) is 43.4 Å². The maximum Gasteiger partial charge on any atom is 0.326 e. The standard InChI is InChI=1S/C36H64N8O12/c1-10-19(7)28(37)34(53)41-22(12-17(3)4)32(51)40-23(14-27(47)48)31(50)38-15-26(46)44-29(20(8)11-2)35(54)43-25(16-45)33(52)39-21(9)30(49)42-24(36(55)56)13-18(5)6/h17-25,28-29,45H,10-16,37H2,1-9H3,(H,38,50)(H,39,52)(H,40,51)(H,41,53)(H,42,49)(H,43,54)(H,44,46)(H,47,48)(H,55,56)/t19-,20-,21-,22-,23-,24-,25-,28-,29-/m0/s1. The molecule has 0 saturated carbocycles. The highest BCUT2D eigenvalue weighted by molar-refractivity contribution is 5.97. The van der Waals surface area contributed by atoms with Gasteiger partial charge in [0.2, 0.25) is 41.4 Å². The zero-order chi connectivity index (χ0) is 43.4. The Morgan fingerprint density at radius 2 is 1.04 bits per heavy atom. The highest BCUT2D eigenvalue weighted by Gasteiger charge is 2.33. The van der Waals surface area contributed by atoms with Crippen molar-refractivity contribution in [1.82, 2.24) is 37.2 Å². The Balaban J connectivity index is 5.70. The van der Waals surface area contributed by atoms with Gasteiger partial charge < -0.3 is 58.3 Å². The lowest BCUT2D eigenvalue weighted by atomic mass is 9.97. The van der Waals surface area contributed by atoms with Gasteiger partial charge in [0, 0.05) is 0 Å². The van der Waals surface area contributed by atoms with Crippen molar-refractivity contribution in [3.63, 3.8) is 0 Å². The first-order chi connectivity index (χ1) is 26.0. The number of aliphatic hydroxyl groups excluding tert-OH is 1. The Hall–Kier alpha value is -4.85. The van der Waals surface area contributed by atoms with E-state index < -0.39 is 121 Å². The fraction of sp³-hybridized carbons (Fsp3) is 0.750. The molecule has 0 aromatic rings. The minimum Gasteiger partial charge on any atom is -0.481 e. The van der Waals surface area contributed by atoms with E-state index in [-0.39, 0.29) is 30.6 Å². The van der Waals surface area contributed by atoms with Gasteiger partial charge in [0.05, 0.1) is 25.6 Å². The van der Waals surface area contributed by atoms with Crippen molar-refractivity contribution in [3.05, 3.63) is 0 Å². The lowest BCUT2D eigenvalue weighted by Gasteiger charge is -2.27. The molecule has 0 aliphatic carbocycles. The highest BCUT2D eigenvalue weighted by Crippen LogP contribution is 2.11. The molecule has 320 valence electrons. The number of carbonyl (C=O) groups excluding carboxylic acids is 7. The van der Waals surface area contributed by atoms with Gasteiger partial charge in [-0.15, -0.1) is 0 Å². The van der Waals surface area contributed by atoms with E-state index in [2.05, 4.69) is 37.2 Å². The lowest BCUT2D eigenvalue weighted by Crippen LogP contribution is -2.60. The first-order valence-electron chi connectivity index (χ1n) is 18.9. The smallest absolute Gasteiger partial charge is 0.326 e. The molecular formula is C36H64N8O12. The second-order valence-corrected chi connectivity index (χ2v) is 14.9. The van der Waals surface area contributed by atoms with Crippen LogP contribution in [-0.4, -0.2) is 124 Å². The topological polar surface area (TPSA) is 325 Å². The average Bonchev–Trinajstić information content (AvgIpc) is 3.11. The van der Waals surface area contributed by atoms with Crippen molar-refractivity contribution in [3.8, 4) is 0 Å². The molecule has 0 rings (SSSR count). The van der Waals surface area contributed by atoms with Crippen LogP contribution >= 0.6 is 0 Å². The third-order valence-electron chi connectivity index (χ3n) is 9.04. The van der Waals surface area contributed by atoms with Gasteiger partial charge in [0.25, 0.3) is 0 Å². The Bertz CT molecular complexity index is 1380. The number of rotatable bonds is 26. The quantitative estimate of drug-likeness (QED) is 0.0456. The summed E-state index contributed by atoms with van der Waals surface area (Å²) in [5.74, 6) is -9.63. The van der Waals surface area contributed by atoms with E-state index in [1.54, 1.807) is 48.5 Å². The van der Waals surface area contributed by atoms with Crippen LogP contribution in [0.25, 0.3) is 0 Å². The Kier molecular flexibility index (Phi) is 23.1. The number of aliphatic hydroxyl groups is 1. The fourth-order valence-electron chi connectivity index (χ4n) is 5.18. The molecule has 56 heavy (non-hydrogen) atoms. The minimum atomic E-state index is -1.66. The third-order valence-corrected chi connectivity index (χ3v) is 9.04. The van der Waals surface area contributed by atoms with Crippen LogP contribution in [0.15, 0.2) is 0 Å². The summed E-state index contributed by atoms with van der Waals surface area (Å²) in [7, 11) is 0. The Morgan fingerprint density at radius 1 is 0.554 bits per heavy atom. The number of hydrogen-bond acceptors (Lipinski definition) is 11. The summed E-state index contributed by atoms with van der Waals surface area (Å²) in [5.41, 5.74) is 6.01. The van der Waals surface area contributed by atoms with Crippen LogP contribution in [-0.2, 0) is 43.2 Å². The molecule has 0 aromatic heterocycles. The molecule has 9 atom stereocenters. The van der Waals surface area contributed by atoms with Crippen LogP contribution in [0.1, 0.15) is 94.4 Å². The zero-order valence-electron chi connectivity index (χ0n) is 33.9. The summed E-state index contributed by atoms with van der Waals surface area (Å²) in [6, 6.07) is -9.05. The number of aliphatic carboxylic acids is 2. The largest absolute Gasteiger partial charge is 0.481 e. The molecule has 0 bridgehead atoms. The lowest BCUT2D eigenvalue weighted by molar-refractivity contribution is -0.142. The summed E-state index contributed by atoms with van der Waals surface area (Å²) >= 11 is 0. The van der Waals surface area contributed by atoms with Crippen LogP contribution in [0.5, 0.6) is 0 Å². The summed E-state index contributed by atoms with van der Waals surface area (Å²) in [6.07, 6.45) is 0.368. The van der Waals surface area contributed by atoms with Crippen LogP contribution in [0, 0.1) is 23.7 Å². The number of carboxylic acids is 2.